The highest BCUT2D eigenvalue weighted by Crippen LogP contribution is 2.34. The van der Waals surface area contributed by atoms with Crippen LogP contribution >= 0.6 is 0 Å². The van der Waals surface area contributed by atoms with E-state index in [0.717, 1.165) is 12.1 Å². The molecule has 108 valence electrons. The number of hydrogen-bond donors (Lipinski definition) is 1. The van der Waals surface area contributed by atoms with E-state index in [9.17, 15) is 9.59 Å². The second kappa shape index (κ2) is 5.69. The van der Waals surface area contributed by atoms with Crippen molar-refractivity contribution in [3.05, 3.63) is 18.2 Å². The number of imidazole rings is 1. The van der Waals surface area contributed by atoms with Crippen molar-refractivity contribution in [3.63, 3.8) is 0 Å². The van der Waals surface area contributed by atoms with E-state index in [-0.39, 0.29) is 17.0 Å². The number of rotatable bonds is 4. The van der Waals surface area contributed by atoms with E-state index in [1.165, 1.54) is 0 Å². The lowest BCUT2D eigenvalue weighted by molar-refractivity contribution is -0.136. The van der Waals surface area contributed by atoms with Gasteiger partial charge in [-0.05, 0) is 12.3 Å². The normalized spacial score (nSPS) is 20.4. The third kappa shape index (κ3) is 3.40. The van der Waals surface area contributed by atoms with Gasteiger partial charge in [-0.2, -0.15) is 0 Å². The molecular formula is C15H21N3O2. The lowest BCUT2D eigenvalue weighted by Gasteiger charge is -2.31. The first kappa shape index (κ1) is 14.6. The third-order valence-corrected chi connectivity index (χ3v) is 3.66. The zero-order valence-corrected chi connectivity index (χ0v) is 12.3. The van der Waals surface area contributed by atoms with Crippen LogP contribution in [0.3, 0.4) is 0 Å². The maximum absolute atomic E-state index is 12.1. The summed E-state index contributed by atoms with van der Waals surface area (Å²) in [6.07, 6.45) is 5.03. The Kier molecular flexibility index (Phi) is 4.16. The maximum Gasteiger partial charge on any atom is 0.149 e. The molecule has 0 amide bonds. The molecule has 0 radical (unpaired) electrons. The number of hydrogen-bond acceptors (Lipinski definition) is 4. The number of Topliss-reactive ketones (excluding diaryl/α,β-unsaturated/α-hetero) is 2. The number of aliphatic imine (C=N–C) groups is 1. The molecule has 1 saturated carbocycles. The molecule has 1 aliphatic rings. The molecule has 0 spiro atoms. The van der Waals surface area contributed by atoms with Gasteiger partial charge in [0, 0.05) is 43.4 Å². The lowest BCUT2D eigenvalue weighted by atomic mass is 9.70. The van der Waals surface area contributed by atoms with E-state index in [4.69, 9.17) is 0 Å². The number of ketones is 2. The smallest absolute Gasteiger partial charge is 0.149 e. The van der Waals surface area contributed by atoms with Crippen LogP contribution in [-0.4, -0.2) is 33.8 Å². The van der Waals surface area contributed by atoms with Gasteiger partial charge in [-0.15, -0.1) is 0 Å². The number of nitrogens with zero attached hydrogens (tertiary/aromatic N) is 2. The van der Waals surface area contributed by atoms with Gasteiger partial charge in [-0.3, -0.25) is 14.6 Å². The fourth-order valence-electron chi connectivity index (χ4n) is 2.72. The van der Waals surface area contributed by atoms with Gasteiger partial charge in [0.15, 0.2) is 0 Å². The predicted molar refractivity (Wildman–Crippen MR) is 76.8 cm³/mol. The van der Waals surface area contributed by atoms with Crippen molar-refractivity contribution in [3.8, 4) is 0 Å². The Morgan fingerprint density at radius 2 is 2.05 bits per heavy atom. The topological polar surface area (TPSA) is 75.2 Å². The van der Waals surface area contributed by atoms with Crippen molar-refractivity contribution >= 4 is 17.3 Å². The molecule has 0 aliphatic heterocycles. The van der Waals surface area contributed by atoms with Crippen LogP contribution in [0.15, 0.2) is 17.5 Å². The second-order valence-corrected chi connectivity index (χ2v) is 6.23. The molecule has 5 heteroatoms. The van der Waals surface area contributed by atoms with Crippen LogP contribution < -0.4 is 0 Å². The number of aromatic nitrogens is 2. The molecule has 1 fully saturated rings. The summed E-state index contributed by atoms with van der Waals surface area (Å²) in [7, 11) is 0. The van der Waals surface area contributed by atoms with Gasteiger partial charge in [0.1, 0.15) is 17.5 Å². The first-order valence-electron chi connectivity index (χ1n) is 6.93. The Morgan fingerprint density at radius 1 is 1.40 bits per heavy atom. The number of nitrogens with one attached hydrogen (secondary N) is 1. The molecule has 0 aromatic carbocycles. The van der Waals surface area contributed by atoms with E-state index >= 15 is 0 Å². The van der Waals surface area contributed by atoms with Crippen LogP contribution in [0.4, 0.5) is 0 Å². The summed E-state index contributed by atoms with van der Waals surface area (Å²) in [6, 6.07) is 0. The minimum absolute atomic E-state index is 0.00837. The number of carbonyl (C=O) groups excluding carboxylic acids is 2. The van der Waals surface area contributed by atoms with Crippen molar-refractivity contribution < 1.29 is 9.59 Å². The third-order valence-electron chi connectivity index (χ3n) is 3.66. The van der Waals surface area contributed by atoms with Gasteiger partial charge in [-0.25, -0.2) is 4.98 Å². The van der Waals surface area contributed by atoms with E-state index in [2.05, 4.69) is 15.0 Å². The first-order valence-corrected chi connectivity index (χ1v) is 6.93. The van der Waals surface area contributed by atoms with Gasteiger partial charge in [0.2, 0.25) is 0 Å². The highest BCUT2D eigenvalue weighted by atomic mass is 16.2. The van der Waals surface area contributed by atoms with Crippen LogP contribution in [0, 0.1) is 11.3 Å². The quantitative estimate of drug-likeness (QED) is 0.674. The highest BCUT2D eigenvalue weighted by molar-refractivity contribution is 6.21. The lowest BCUT2D eigenvalue weighted by Crippen LogP contribution is -2.41. The molecule has 0 unspecified atom stereocenters. The second-order valence-electron chi connectivity index (χ2n) is 6.23. The zero-order chi connectivity index (χ0) is 14.8. The Bertz CT molecular complexity index is 509. The van der Waals surface area contributed by atoms with Gasteiger partial charge >= 0.3 is 0 Å². The zero-order valence-electron chi connectivity index (χ0n) is 12.3. The van der Waals surface area contributed by atoms with Gasteiger partial charge in [-0.1, -0.05) is 13.8 Å². The Balaban J connectivity index is 1.99. The molecule has 1 aromatic heterocycles. The first-order chi connectivity index (χ1) is 9.39. The van der Waals surface area contributed by atoms with E-state index in [0.29, 0.717) is 25.1 Å². The molecule has 0 bridgehead atoms. The summed E-state index contributed by atoms with van der Waals surface area (Å²) in [5.74, 6) is -0.604. The molecule has 0 saturated heterocycles. The average Bonchev–Trinajstić information content (AvgIpc) is 2.79. The molecule has 0 atom stereocenters. The van der Waals surface area contributed by atoms with Crippen LogP contribution in [0.25, 0.3) is 0 Å². The van der Waals surface area contributed by atoms with Crippen molar-refractivity contribution in [2.45, 2.75) is 40.0 Å². The van der Waals surface area contributed by atoms with Crippen molar-refractivity contribution in [1.82, 2.24) is 9.97 Å². The number of H-pyrrole nitrogens is 1. The standard InChI is InChI=1S/C15H21N3O2/c1-10(17-5-4-11-8-16-9-18-11)14-12(19)6-15(2,3)7-13(14)20/h8-9,14H,4-7H2,1-3H3,(H,16,18). The molecule has 1 aliphatic carbocycles. The van der Waals surface area contributed by atoms with Crippen LogP contribution in [-0.2, 0) is 16.0 Å². The SMILES string of the molecule is CC(=NCCc1cnc[nH]1)C1C(=O)CC(C)(C)CC1=O. The maximum atomic E-state index is 12.1. The molecule has 5 nitrogen and oxygen atoms in total. The monoisotopic (exact) mass is 275 g/mol. The van der Waals surface area contributed by atoms with Crippen LogP contribution in [0.2, 0.25) is 0 Å². The molecular weight excluding hydrogens is 254 g/mol. The van der Waals surface area contributed by atoms with Crippen molar-refractivity contribution in [2.24, 2.45) is 16.3 Å². The van der Waals surface area contributed by atoms with Gasteiger partial charge in [0.05, 0.1) is 6.33 Å². The Labute approximate surface area is 118 Å². The predicted octanol–water partition coefficient (Wildman–Crippen LogP) is 1.99. The van der Waals surface area contributed by atoms with E-state index in [1.807, 2.05) is 13.8 Å². The van der Waals surface area contributed by atoms with E-state index in [1.54, 1.807) is 19.4 Å². The summed E-state index contributed by atoms with van der Waals surface area (Å²) >= 11 is 0. The number of aromatic amines is 1. The summed E-state index contributed by atoms with van der Waals surface area (Å²) in [5, 5.41) is 0. The molecule has 1 N–H and O–H groups in total. The average molecular weight is 275 g/mol. The van der Waals surface area contributed by atoms with Gasteiger partial charge in [0.25, 0.3) is 0 Å². The Hall–Kier alpha value is -1.78. The van der Waals surface area contributed by atoms with Crippen molar-refractivity contribution in [2.75, 3.05) is 6.54 Å². The highest BCUT2D eigenvalue weighted by Gasteiger charge is 2.40. The fraction of sp³-hybridized carbons (Fsp3) is 0.600. The minimum atomic E-state index is -0.621. The van der Waals surface area contributed by atoms with Gasteiger partial charge < -0.3 is 4.98 Å². The summed E-state index contributed by atoms with van der Waals surface area (Å²) in [5.41, 5.74) is 1.44. The molecule has 20 heavy (non-hydrogen) atoms. The summed E-state index contributed by atoms with van der Waals surface area (Å²) < 4.78 is 0. The van der Waals surface area contributed by atoms with Crippen molar-refractivity contribution in [1.29, 1.82) is 0 Å². The Morgan fingerprint density at radius 3 is 2.60 bits per heavy atom. The summed E-state index contributed by atoms with van der Waals surface area (Å²) in [6.45, 7) is 6.27. The molecule has 2 rings (SSSR count). The summed E-state index contributed by atoms with van der Waals surface area (Å²) in [4.78, 5) is 35.6. The molecule has 1 heterocycles. The minimum Gasteiger partial charge on any atom is -0.348 e. The molecule has 1 aromatic rings. The van der Waals surface area contributed by atoms with Crippen LogP contribution in [0.1, 0.15) is 39.3 Å². The van der Waals surface area contributed by atoms with E-state index < -0.39 is 5.92 Å². The number of carbonyl (C=O) groups is 2. The largest absolute Gasteiger partial charge is 0.348 e. The van der Waals surface area contributed by atoms with Crippen LogP contribution in [0.5, 0.6) is 0 Å². The fourth-order valence-corrected chi connectivity index (χ4v) is 2.72.